The van der Waals surface area contributed by atoms with Crippen LogP contribution in [0.4, 0.5) is 0 Å². The summed E-state index contributed by atoms with van der Waals surface area (Å²) in [6.07, 6.45) is 1.40. The summed E-state index contributed by atoms with van der Waals surface area (Å²) in [6, 6.07) is 18.7. The number of aromatic nitrogens is 1. The molecule has 0 aliphatic heterocycles. The number of rotatable bonds is 9. The highest BCUT2D eigenvalue weighted by atomic mass is 35.5. The predicted octanol–water partition coefficient (Wildman–Crippen LogP) is 6.67. The van der Waals surface area contributed by atoms with E-state index in [-0.39, 0.29) is 5.91 Å². The number of methoxy groups -OCH3 is 1. The van der Waals surface area contributed by atoms with Crippen LogP contribution in [-0.4, -0.2) is 30.6 Å². The Balaban J connectivity index is 1.45. The molecule has 8 heteroatoms. The van der Waals surface area contributed by atoms with E-state index in [1.54, 1.807) is 18.2 Å². The number of carbonyl (C=O) groups is 2. The number of amides is 1. The average Bonchev–Trinajstić information content (AvgIpc) is 3.26. The van der Waals surface area contributed by atoms with Gasteiger partial charge in [0.1, 0.15) is 11.4 Å². The van der Waals surface area contributed by atoms with Crippen molar-refractivity contribution in [1.29, 1.82) is 0 Å². The zero-order chi connectivity index (χ0) is 25.7. The van der Waals surface area contributed by atoms with Gasteiger partial charge < -0.3 is 14.5 Å². The van der Waals surface area contributed by atoms with Crippen molar-refractivity contribution in [2.24, 2.45) is 0 Å². The Bertz CT molecular complexity index is 1390. The van der Waals surface area contributed by atoms with E-state index in [1.807, 2.05) is 56.3 Å². The van der Waals surface area contributed by atoms with E-state index in [4.69, 9.17) is 21.1 Å². The summed E-state index contributed by atoms with van der Waals surface area (Å²) in [5, 5.41) is 1.77. The lowest BCUT2D eigenvalue weighted by Gasteiger charge is -2.10. The highest BCUT2D eigenvalue weighted by Crippen LogP contribution is 2.27. The molecule has 0 unspecified atom stereocenters. The number of hydrogen-bond donors (Lipinski definition) is 2. The molecule has 4 rings (SSSR count). The van der Waals surface area contributed by atoms with Crippen LogP contribution in [0.2, 0.25) is 5.02 Å². The summed E-state index contributed by atoms with van der Waals surface area (Å²) in [7, 11) is 1.34. The average molecular weight is 523 g/mol. The smallest absolute Gasteiger partial charge is 0.337 e. The fraction of sp³-hybridized carbons (Fsp3) is 0.214. The molecule has 36 heavy (non-hydrogen) atoms. The van der Waals surface area contributed by atoms with Gasteiger partial charge in [-0.1, -0.05) is 35.9 Å². The molecular weight excluding hydrogens is 496 g/mol. The summed E-state index contributed by atoms with van der Waals surface area (Å²) in [4.78, 5) is 28.9. The van der Waals surface area contributed by atoms with Gasteiger partial charge in [-0.25, -0.2) is 4.79 Å². The molecule has 2 N–H and O–H groups in total. The van der Waals surface area contributed by atoms with Crippen LogP contribution in [-0.2, 0) is 11.2 Å². The molecule has 0 atom stereocenters. The van der Waals surface area contributed by atoms with Crippen LogP contribution in [0.3, 0.4) is 0 Å². The van der Waals surface area contributed by atoms with Gasteiger partial charge in [0.05, 0.1) is 19.3 Å². The number of H-pyrrole nitrogens is 1. The molecule has 186 valence electrons. The fourth-order valence-corrected chi connectivity index (χ4v) is 4.80. The van der Waals surface area contributed by atoms with Crippen LogP contribution in [0.25, 0.3) is 10.9 Å². The molecule has 0 bridgehead atoms. The summed E-state index contributed by atoms with van der Waals surface area (Å²) < 4.78 is 13.6. The molecule has 0 aliphatic carbocycles. The zero-order valence-corrected chi connectivity index (χ0v) is 21.9. The molecule has 0 fully saturated rings. The first-order valence-electron chi connectivity index (χ1n) is 11.5. The van der Waals surface area contributed by atoms with E-state index in [1.165, 1.54) is 7.11 Å². The van der Waals surface area contributed by atoms with Crippen LogP contribution in [0, 0.1) is 13.8 Å². The van der Waals surface area contributed by atoms with Gasteiger partial charge in [0.25, 0.3) is 5.91 Å². The highest BCUT2D eigenvalue weighted by molar-refractivity contribution is 7.98. The van der Waals surface area contributed by atoms with E-state index in [0.29, 0.717) is 24.3 Å². The minimum absolute atomic E-state index is 0.237. The van der Waals surface area contributed by atoms with Crippen LogP contribution in [0.1, 0.15) is 44.0 Å². The second kappa shape index (κ2) is 11.5. The first kappa shape index (κ1) is 25.7. The fourth-order valence-electron chi connectivity index (χ4n) is 4.04. The van der Waals surface area contributed by atoms with Gasteiger partial charge in [0.2, 0.25) is 0 Å². The first-order valence-corrected chi connectivity index (χ1v) is 12.7. The molecule has 0 radical (unpaired) electrons. The van der Waals surface area contributed by atoms with Crippen molar-refractivity contribution < 1.29 is 19.1 Å². The van der Waals surface area contributed by atoms with Crippen LogP contribution in [0.5, 0.6) is 5.75 Å². The first-order chi connectivity index (χ1) is 17.4. The van der Waals surface area contributed by atoms with Gasteiger partial charge in [-0.3, -0.25) is 9.52 Å². The van der Waals surface area contributed by atoms with Crippen molar-refractivity contribution in [3.05, 3.63) is 93.6 Å². The molecular formula is C28H27ClN2O4S. The normalized spacial score (nSPS) is 10.9. The predicted molar refractivity (Wildman–Crippen MR) is 144 cm³/mol. The number of benzene rings is 3. The van der Waals surface area contributed by atoms with Crippen molar-refractivity contribution in [3.8, 4) is 5.75 Å². The number of hydrogen-bond acceptors (Lipinski definition) is 5. The van der Waals surface area contributed by atoms with Crippen LogP contribution >= 0.6 is 23.5 Å². The molecule has 0 saturated heterocycles. The Morgan fingerprint density at radius 1 is 1.03 bits per heavy atom. The second-order valence-electron chi connectivity index (χ2n) is 8.40. The summed E-state index contributed by atoms with van der Waals surface area (Å²) in [6.45, 7) is 4.43. The monoisotopic (exact) mass is 522 g/mol. The van der Waals surface area contributed by atoms with Crippen LogP contribution < -0.4 is 9.46 Å². The maximum atomic E-state index is 13.1. The van der Waals surface area contributed by atoms with E-state index in [0.717, 1.165) is 61.6 Å². The van der Waals surface area contributed by atoms with E-state index in [9.17, 15) is 9.59 Å². The SMILES string of the molecule is COC(=O)c1cccc(SNC(=O)c2[nH]c3ccccc3c2CCCOc2cc(C)c(Cl)c(C)c2)c1. The van der Waals surface area contributed by atoms with Gasteiger partial charge in [-0.2, -0.15) is 0 Å². The molecule has 6 nitrogen and oxygen atoms in total. The lowest BCUT2D eigenvalue weighted by atomic mass is 10.1. The van der Waals surface area contributed by atoms with Gasteiger partial charge in [-0.05, 0) is 91.7 Å². The number of carbonyl (C=O) groups excluding carboxylic acids is 2. The molecule has 1 amide bonds. The summed E-state index contributed by atoms with van der Waals surface area (Å²) in [5.74, 6) is 0.129. The third-order valence-electron chi connectivity index (χ3n) is 5.81. The molecule has 0 spiro atoms. The number of nitrogens with one attached hydrogen (secondary N) is 2. The number of esters is 1. The minimum Gasteiger partial charge on any atom is -0.494 e. The summed E-state index contributed by atoms with van der Waals surface area (Å²) in [5.41, 5.74) is 4.76. The van der Waals surface area contributed by atoms with Crippen molar-refractivity contribution >= 4 is 46.3 Å². The van der Waals surface area contributed by atoms with Gasteiger partial charge >= 0.3 is 5.97 Å². The second-order valence-corrected chi connectivity index (χ2v) is 9.66. The number of fused-ring (bicyclic) bond motifs is 1. The number of aryl methyl sites for hydroxylation is 3. The quantitative estimate of drug-likeness (QED) is 0.146. The molecule has 0 aliphatic rings. The van der Waals surface area contributed by atoms with Crippen molar-refractivity contribution in [2.75, 3.05) is 13.7 Å². The lowest BCUT2D eigenvalue weighted by molar-refractivity contribution is 0.0600. The molecule has 3 aromatic carbocycles. The largest absolute Gasteiger partial charge is 0.494 e. The van der Waals surface area contributed by atoms with E-state index >= 15 is 0 Å². The molecule has 1 heterocycles. The van der Waals surface area contributed by atoms with Gasteiger partial charge in [0, 0.05) is 20.8 Å². The number of halogens is 1. The molecule has 0 saturated carbocycles. The maximum absolute atomic E-state index is 13.1. The topological polar surface area (TPSA) is 80.4 Å². The number of aromatic amines is 1. The van der Waals surface area contributed by atoms with Gasteiger partial charge in [0.15, 0.2) is 0 Å². The van der Waals surface area contributed by atoms with E-state index in [2.05, 4.69) is 9.71 Å². The third-order valence-corrected chi connectivity index (χ3v) is 7.18. The Morgan fingerprint density at radius 2 is 1.78 bits per heavy atom. The Morgan fingerprint density at radius 3 is 2.53 bits per heavy atom. The highest BCUT2D eigenvalue weighted by Gasteiger charge is 2.18. The molecule has 4 aromatic rings. The lowest BCUT2D eigenvalue weighted by Crippen LogP contribution is -2.18. The van der Waals surface area contributed by atoms with Crippen molar-refractivity contribution in [3.63, 3.8) is 0 Å². The number of para-hydroxylation sites is 1. The third kappa shape index (κ3) is 5.86. The zero-order valence-electron chi connectivity index (χ0n) is 20.3. The standard InChI is InChI=1S/C28H27ClN2O4S/c1-17-14-20(15-18(2)25(17)29)35-13-7-11-23-22-10-4-5-12-24(22)30-26(23)27(32)31-36-21-9-6-8-19(16-21)28(33)34-3/h4-6,8-10,12,14-16,30H,7,11,13H2,1-3H3,(H,31,32). The van der Waals surface area contributed by atoms with E-state index < -0.39 is 5.97 Å². The minimum atomic E-state index is -0.423. The van der Waals surface area contributed by atoms with Crippen molar-refractivity contribution in [1.82, 2.24) is 9.71 Å². The molecule has 1 aromatic heterocycles. The Kier molecular flexibility index (Phi) is 8.23. The number of ether oxygens (including phenoxy) is 2. The Hall–Kier alpha value is -3.42. The Labute approximate surface area is 219 Å². The van der Waals surface area contributed by atoms with Gasteiger partial charge in [-0.15, -0.1) is 0 Å². The summed E-state index contributed by atoms with van der Waals surface area (Å²) >= 11 is 7.41. The van der Waals surface area contributed by atoms with Crippen molar-refractivity contribution in [2.45, 2.75) is 31.6 Å². The van der Waals surface area contributed by atoms with Crippen LogP contribution in [0.15, 0.2) is 65.6 Å². The maximum Gasteiger partial charge on any atom is 0.337 e.